The van der Waals surface area contributed by atoms with Crippen molar-refractivity contribution >= 4 is 30.8 Å². The maximum atomic E-state index is 12.2. The Hall–Kier alpha value is 0.0406. The van der Waals surface area contributed by atoms with Crippen LogP contribution in [0.25, 0.3) is 0 Å². The summed E-state index contributed by atoms with van der Waals surface area (Å²) in [5, 5.41) is 0. The van der Waals surface area contributed by atoms with E-state index in [9.17, 15) is 4.79 Å². The van der Waals surface area contributed by atoms with Crippen LogP contribution < -0.4 is 0 Å². The Morgan fingerprint density at radius 2 is 1.57 bits per heavy atom. The van der Waals surface area contributed by atoms with Crippen molar-refractivity contribution in [1.29, 1.82) is 0 Å². The molecule has 0 aromatic carbocycles. The lowest BCUT2D eigenvalue weighted by Gasteiger charge is -2.35. The third-order valence-corrected chi connectivity index (χ3v) is 9.25. The molecule has 0 saturated carbocycles. The fraction of sp³-hybridized carbons (Fsp3) is 0.938. The molecule has 0 fully saturated rings. The van der Waals surface area contributed by atoms with Crippen LogP contribution in [0.3, 0.4) is 0 Å². The highest BCUT2D eigenvalue weighted by Crippen LogP contribution is 2.17. The van der Waals surface area contributed by atoms with Crippen LogP contribution in [0.2, 0.25) is 58.4 Å². The molecular weight excluding hydrogens is 338 g/mol. The van der Waals surface area contributed by atoms with E-state index < -0.39 is 24.9 Å². The molecule has 4 nitrogen and oxygen atoms in total. The summed E-state index contributed by atoms with van der Waals surface area (Å²) in [5.74, 6) is -0.0506. The van der Waals surface area contributed by atoms with Gasteiger partial charge in [-0.3, -0.25) is 4.79 Å². The highest BCUT2D eigenvalue weighted by Gasteiger charge is 2.29. The third-order valence-electron chi connectivity index (χ3n) is 3.59. The van der Waals surface area contributed by atoms with Gasteiger partial charge in [-0.15, -0.1) is 0 Å². The Kier molecular flexibility index (Phi) is 9.52. The fourth-order valence-electron chi connectivity index (χ4n) is 2.33. The second kappa shape index (κ2) is 9.50. The highest BCUT2D eigenvalue weighted by molar-refractivity contribution is 6.74. The fourth-order valence-corrected chi connectivity index (χ4v) is 6.42. The number of hydrogen-bond acceptors (Lipinski definition) is 4. The smallest absolute Gasteiger partial charge is 0.306 e. The number of carbonyl (C=O) groups excluding carboxylic acids is 1. The van der Waals surface area contributed by atoms with E-state index in [1.165, 1.54) is 0 Å². The average Bonchev–Trinajstić information content (AvgIpc) is 2.31. The van der Waals surface area contributed by atoms with Gasteiger partial charge in [0.05, 0.1) is 6.54 Å². The second-order valence-electron chi connectivity index (χ2n) is 8.89. The average molecular weight is 378 g/mol. The van der Waals surface area contributed by atoms with Gasteiger partial charge >= 0.3 is 5.97 Å². The van der Waals surface area contributed by atoms with Crippen molar-refractivity contribution < 1.29 is 13.6 Å². The number of nitrogens with zero attached hydrogens (tertiary/aromatic N) is 1. The highest BCUT2D eigenvalue weighted by atomic mass is 28.4. The maximum absolute atomic E-state index is 12.2. The lowest BCUT2D eigenvalue weighted by molar-refractivity contribution is -0.135. The van der Waals surface area contributed by atoms with Crippen LogP contribution in [-0.2, 0) is 13.6 Å². The normalized spacial score (nSPS) is 13.5. The molecule has 0 atom stereocenters. The van der Waals surface area contributed by atoms with E-state index in [-0.39, 0.29) is 5.97 Å². The van der Waals surface area contributed by atoms with Crippen LogP contribution in [0.1, 0.15) is 19.8 Å². The summed E-state index contributed by atoms with van der Waals surface area (Å²) in [6.45, 7) is 22.1. The Bertz CT molecular complexity index is 363. The predicted octanol–water partition coefficient (Wildman–Crippen LogP) is 4.52. The Morgan fingerprint density at radius 3 is 2.00 bits per heavy atom. The molecule has 0 aliphatic heterocycles. The molecule has 23 heavy (non-hydrogen) atoms. The summed E-state index contributed by atoms with van der Waals surface area (Å²) >= 11 is 0. The minimum Gasteiger partial charge on any atom is -0.519 e. The molecule has 138 valence electrons. The van der Waals surface area contributed by atoms with E-state index >= 15 is 0 Å². The van der Waals surface area contributed by atoms with E-state index in [0.717, 1.165) is 32.0 Å². The van der Waals surface area contributed by atoms with Gasteiger partial charge in [0, 0.05) is 6.61 Å². The van der Waals surface area contributed by atoms with Crippen LogP contribution in [0, 0.1) is 0 Å². The van der Waals surface area contributed by atoms with Gasteiger partial charge in [0.25, 0.3) is 0 Å². The van der Waals surface area contributed by atoms with Crippen molar-refractivity contribution in [3.8, 4) is 0 Å². The van der Waals surface area contributed by atoms with Gasteiger partial charge in [-0.1, -0.05) is 26.6 Å². The molecule has 0 aliphatic rings. The van der Waals surface area contributed by atoms with Gasteiger partial charge in [0.15, 0.2) is 8.32 Å². The van der Waals surface area contributed by atoms with Gasteiger partial charge < -0.3 is 13.4 Å². The molecule has 0 aromatic rings. The Labute approximate surface area is 147 Å². The zero-order chi connectivity index (χ0) is 18.3. The van der Waals surface area contributed by atoms with Crippen molar-refractivity contribution in [2.24, 2.45) is 0 Å². The number of hydrogen-bond donors (Lipinski definition) is 0. The molecular formula is C16H39NO3Si3. The molecule has 0 bridgehead atoms. The lowest BCUT2D eigenvalue weighted by atomic mass is 10.4. The Morgan fingerprint density at radius 1 is 1.00 bits per heavy atom. The minimum atomic E-state index is -1.80. The molecule has 0 N–H and O–H groups in total. The third kappa shape index (κ3) is 12.1. The molecule has 0 amide bonds. The van der Waals surface area contributed by atoms with E-state index in [0.29, 0.717) is 6.54 Å². The first-order chi connectivity index (χ1) is 10.3. The van der Waals surface area contributed by atoms with Gasteiger partial charge in [0.2, 0.25) is 8.32 Å². The molecule has 0 saturated heterocycles. The second-order valence-corrected chi connectivity index (χ2v) is 22.6. The topological polar surface area (TPSA) is 38.8 Å². The van der Waals surface area contributed by atoms with E-state index in [1.807, 2.05) is 0 Å². The summed E-state index contributed by atoms with van der Waals surface area (Å²) in [5.41, 5.74) is 0. The largest absolute Gasteiger partial charge is 0.519 e. The van der Waals surface area contributed by atoms with Crippen molar-refractivity contribution in [2.75, 3.05) is 19.7 Å². The van der Waals surface area contributed by atoms with Crippen LogP contribution in [0.15, 0.2) is 0 Å². The molecule has 0 spiro atoms. The van der Waals surface area contributed by atoms with Gasteiger partial charge in [-0.05, 0) is 58.2 Å². The molecule has 0 radical (unpaired) electrons. The summed E-state index contributed by atoms with van der Waals surface area (Å²) in [6, 6.07) is 1.15. The first-order valence-corrected chi connectivity index (χ1v) is 18.8. The maximum Gasteiger partial charge on any atom is 0.306 e. The van der Waals surface area contributed by atoms with Crippen molar-refractivity contribution in [2.45, 2.75) is 78.2 Å². The summed E-state index contributed by atoms with van der Waals surface area (Å²) in [6.07, 6.45) is 2.19. The molecule has 0 aromatic heterocycles. The van der Waals surface area contributed by atoms with Crippen molar-refractivity contribution in [1.82, 2.24) is 4.57 Å². The van der Waals surface area contributed by atoms with E-state index in [4.69, 9.17) is 8.85 Å². The van der Waals surface area contributed by atoms with Gasteiger partial charge in [-0.25, -0.2) is 0 Å². The van der Waals surface area contributed by atoms with Crippen molar-refractivity contribution in [3.05, 3.63) is 0 Å². The Balaban J connectivity index is 4.51. The molecule has 0 unspecified atom stereocenters. The predicted molar refractivity (Wildman–Crippen MR) is 108 cm³/mol. The standard InChI is InChI=1S/C16H39NO3Si3/c1-10-13-19-23(8,9)14-11-12-17(21(2,3)4)15-16(18)20-22(5,6)7/h10-15H2,1-9H3. The quantitative estimate of drug-likeness (QED) is 0.496. The molecule has 0 rings (SSSR count). The summed E-state index contributed by atoms with van der Waals surface area (Å²) in [7, 11) is -4.87. The SMILES string of the molecule is CCCO[Si](C)(C)CCCN(CC(=O)O[Si](C)(C)C)[Si](C)(C)C. The first-order valence-electron chi connectivity index (χ1n) is 8.88. The minimum absolute atomic E-state index is 0.0506. The lowest BCUT2D eigenvalue weighted by Crippen LogP contribution is -2.50. The van der Waals surface area contributed by atoms with Gasteiger partial charge in [-0.2, -0.15) is 0 Å². The van der Waals surface area contributed by atoms with E-state index in [1.54, 1.807) is 0 Å². The van der Waals surface area contributed by atoms with E-state index in [2.05, 4.69) is 63.9 Å². The number of carbonyl (C=O) groups is 1. The molecule has 0 heterocycles. The van der Waals surface area contributed by atoms with Gasteiger partial charge in [0.1, 0.15) is 8.24 Å². The van der Waals surface area contributed by atoms with Crippen LogP contribution in [-0.4, -0.2) is 55.1 Å². The molecule has 0 aliphatic carbocycles. The number of rotatable bonds is 11. The summed E-state index contributed by atoms with van der Waals surface area (Å²) < 4.78 is 14.0. The molecule has 7 heteroatoms. The van der Waals surface area contributed by atoms with Crippen LogP contribution >= 0.6 is 0 Å². The van der Waals surface area contributed by atoms with Crippen LogP contribution in [0.5, 0.6) is 0 Å². The van der Waals surface area contributed by atoms with Crippen LogP contribution in [0.4, 0.5) is 0 Å². The zero-order valence-electron chi connectivity index (χ0n) is 16.9. The monoisotopic (exact) mass is 377 g/mol. The van der Waals surface area contributed by atoms with Crippen molar-refractivity contribution in [3.63, 3.8) is 0 Å². The zero-order valence-corrected chi connectivity index (χ0v) is 19.9. The first kappa shape index (κ1) is 23.0. The summed E-state index contributed by atoms with van der Waals surface area (Å²) in [4.78, 5) is 12.2.